The van der Waals surface area contributed by atoms with E-state index in [4.69, 9.17) is 14.6 Å². The monoisotopic (exact) mass is 360 g/mol. The average molecular weight is 360 g/mol. The fraction of sp³-hybridized carbons (Fsp3) is 0.263. The number of aromatic carboxylic acids is 1. The zero-order valence-corrected chi connectivity index (χ0v) is 14.2. The lowest BCUT2D eigenvalue weighted by molar-refractivity contribution is 0.0691. The normalized spacial score (nSPS) is 19.4. The smallest absolute Gasteiger partial charge is 0.336 e. The molecule has 7 nitrogen and oxygen atoms in total. The van der Waals surface area contributed by atoms with Crippen LogP contribution in [0.1, 0.15) is 27.1 Å². The number of carboxylic acid groups (broad SMARTS) is 1. The minimum atomic E-state index is -1.30. The SMILES string of the molecule is COC1(C=CC(=O)c2c(O)cccc2C(=O)O)C=CC(OCCO)=CC1. The van der Waals surface area contributed by atoms with Gasteiger partial charge in [0.2, 0.25) is 0 Å². The Kier molecular flexibility index (Phi) is 6.32. The number of carbonyl (C=O) groups excluding carboxylic acids is 1. The van der Waals surface area contributed by atoms with Gasteiger partial charge in [-0.15, -0.1) is 0 Å². The highest BCUT2D eigenvalue weighted by atomic mass is 16.5. The largest absolute Gasteiger partial charge is 0.507 e. The number of aliphatic hydroxyl groups excluding tert-OH is 1. The van der Waals surface area contributed by atoms with Gasteiger partial charge in [0.05, 0.1) is 17.7 Å². The van der Waals surface area contributed by atoms with Crippen LogP contribution in [0.5, 0.6) is 5.75 Å². The number of hydrogen-bond acceptors (Lipinski definition) is 6. The molecule has 0 heterocycles. The third kappa shape index (κ3) is 4.38. The highest BCUT2D eigenvalue weighted by Gasteiger charge is 2.26. The number of phenolic OH excluding ortho intramolecular Hbond substituents is 1. The molecule has 138 valence electrons. The van der Waals surface area contributed by atoms with Gasteiger partial charge in [0.15, 0.2) is 5.78 Å². The number of methoxy groups -OCH3 is 1. The Hall–Kier alpha value is -2.90. The number of aliphatic hydroxyl groups is 1. The van der Waals surface area contributed by atoms with Crippen LogP contribution in [0.2, 0.25) is 0 Å². The molecule has 26 heavy (non-hydrogen) atoms. The highest BCUT2D eigenvalue weighted by molar-refractivity contribution is 6.12. The first kappa shape index (κ1) is 19.4. The fourth-order valence-electron chi connectivity index (χ4n) is 2.51. The maximum atomic E-state index is 12.4. The number of carbonyl (C=O) groups is 2. The predicted octanol–water partition coefficient (Wildman–Crippen LogP) is 2.07. The Morgan fingerprint density at radius 1 is 1.35 bits per heavy atom. The average Bonchev–Trinajstić information content (AvgIpc) is 2.65. The molecule has 2 rings (SSSR count). The van der Waals surface area contributed by atoms with Crippen molar-refractivity contribution >= 4 is 11.8 Å². The summed E-state index contributed by atoms with van der Waals surface area (Å²) >= 11 is 0. The molecule has 1 aliphatic rings. The molecule has 0 saturated carbocycles. The molecule has 1 aromatic carbocycles. The van der Waals surface area contributed by atoms with Crippen molar-refractivity contribution in [3.05, 3.63) is 65.5 Å². The van der Waals surface area contributed by atoms with E-state index in [0.717, 1.165) is 0 Å². The van der Waals surface area contributed by atoms with Crippen molar-refractivity contribution in [3.63, 3.8) is 0 Å². The lowest BCUT2D eigenvalue weighted by Gasteiger charge is -2.27. The van der Waals surface area contributed by atoms with Crippen LogP contribution in [-0.2, 0) is 9.47 Å². The Morgan fingerprint density at radius 3 is 2.69 bits per heavy atom. The Bertz CT molecular complexity index is 776. The number of carboxylic acids is 1. The summed E-state index contributed by atoms with van der Waals surface area (Å²) in [5.41, 5.74) is -1.44. The summed E-state index contributed by atoms with van der Waals surface area (Å²) in [5.74, 6) is -1.76. The molecule has 0 fully saturated rings. The van der Waals surface area contributed by atoms with E-state index in [-0.39, 0.29) is 24.3 Å². The predicted molar refractivity (Wildman–Crippen MR) is 93.2 cm³/mol. The molecular formula is C19H20O7. The molecule has 0 bridgehead atoms. The van der Waals surface area contributed by atoms with Crippen LogP contribution >= 0.6 is 0 Å². The van der Waals surface area contributed by atoms with Gasteiger partial charge in [0.25, 0.3) is 0 Å². The van der Waals surface area contributed by atoms with Crippen LogP contribution in [0.15, 0.2) is 54.3 Å². The number of allylic oxidation sites excluding steroid dienone is 2. The molecule has 1 atom stereocenters. The number of ether oxygens (including phenoxy) is 2. The van der Waals surface area contributed by atoms with Crippen LogP contribution < -0.4 is 0 Å². The van der Waals surface area contributed by atoms with E-state index in [2.05, 4.69) is 0 Å². The summed E-state index contributed by atoms with van der Waals surface area (Å²) in [4.78, 5) is 23.7. The third-order valence-electron chi connectivity index (χ3n) is 3.93. The van der Waals surface area contributed by atoms with Gasteiger partial charge in [0, 0.05) is 13.5 Å². The second-order valence-corrected chi connectivity index (χ2v) is 5.58. The Morgan fingerprint density at radius 2 is 2.12 bits per heavy atom. The molecule has 1 unspecified atom stereocenters. The Labute approximate surface area is 150 Å². The van der Waals surface area contributed by atoms with Gasteiger partial charge in [0.1, 0.15) is 23.7 Å². The summed E-state index contributed by atoms with van der Waals surface area (Å²) in [5, 5.41) is 27.8. The first-order chi connectivity index (χ1) is 12.4. The zero-order chi connectivity index (χ0) is 19.2. The van der Waals surface area contributed by atoms with Crippen LogP contribution in [0, 0.1) is 0 Å². The van der Waals surface area contributed by atoms with Gasteiger partial charge in [-0.05, 0) is 42.5 Å². The minimum Gasteiger partial charge on any atom is -0.507 e. The van der Waals surface area contributed by atoms with Crippen molar-refractivity contribution in [1.29, 1.82) is 0 Å². The standard InChI is InChI=1S/C19H20O7/c1-25-19(8-5-13(6-9-19)26-12-11-20)10-7-16(22)17-14(18(23)24)3-2-4-15(17)21/h2-8,10,20-21H,9,11-12H2,1H3,(H,23,24). The van der Waals surface area contributed by atoms with E-state index in [1.54, 1.807) is 18.2 Å². The van der Waals surface area contributed by atoms with Gasteiger partial charge < -0.3 is 24.8 Å². The first-order valence-electron chi connectivity index (χ1n) is 7.89. The molecule has 0 amide bonds. The minimum absolute atomic E-state index is 0.0957. The molecule has 7 heteroatoms. The second-order valence-electron chi connectivity index (χ2n) is 5.58. The number of aromatic hydroxyl groups is 1. The molecule has 0 aliphatic heterocycles. The zero-order valence-electron chi connectivity index (χ0n) is 14.2. The van der Waals surface area contributed by atoms with Gasteiger partial charge in [-0.1, -0.05) is 6.07 Å². The maximum absolute atomic E-state index is 12.4. The van der Waals surface area contributed by atoms with Crippen molar-refractivity contribution in [2.75, 3.05) is 20.3 Å². The number of hydrogen-bond donors (Lipinski definition) is 3. The van der Waals surface area contributed by atoms with Gasteiger partial charge in [-0.25, -0.2) is 4.79 Å². The molecule has 3 N–H and O–H groups in total. The van der Waals surface area contributed by atoms with Crippen LogP contribution in [0.25, 0.3) is 0 Å². The second kappa shape index (κ2) is 8.46. The lowest BCUT2D eigenvalue weighted by atomic mass is 9.92. The molecule has 0 saturated heterocycles. The third-order valence-corrected chi connectivity index (χ3v) is 3.93. The van der Waals surface area contributed by atoms with Crippen molar-refractivity contribution < 1.29 is 34.4 Å². The summed E-state index contributed by atoms with van der Waals surface area (Å²) < 4.78 is 10.8. The summed E-state index contributed by atoms with van der Waals surface area (Å²) in [6, 6.07) is 3.87. The molecule has 1 aromatic rings. The van der Waals surface area contributed by atoms with Crippen molar-refractivity contribution in [2.45, 2.75) is 12.0 Å². The fourth-order valence-corrected chi connectivity index (χ4v) is 2.51. The van der Waals surface area contributed by atoms with E-state index in [1.165, 1.54) is 37.5 Å². The molecule has 0 spiro atoms. The topological polar surface area (TPSA) is 113 Å². The molecule has 0 radical (unpaired) electrons. The van der Waals surface area contributed by atoms with E-state index in [9.17, 15) is 19.8 Å². The number of rotatable bonds is 8. The quantitative estimate of drug-likeness (QED) is 0.480. The van der Waals surface area contributed by atoms with E-state index >= 15 is 0 Å². The summed E-state index contributed by atoms with van der Waals surface area (Å²) in [6.45, 7) is 0.0806. The number of phenols is 1. The van der Waals surface area contributed by atoms with Gasteiger partial charge >= 0.3 is 5.97 Å². The van der Waals surface area contributed by atoms with Crippen molar-refractivity contribution in [2.24, 2.45) is 0 Å². The van der Waals surface area contributed by atoms with Gasteiger partial charge in [-0.2, -0.15) is 0 Å². The number of ketones is 1. The summed E-state index contributed by atoms with van der Waals surface area (Å²) in [7, 11) is 1.48. The van der Waals surface area contributed by atoms with Crippen molar-refractivity contribution in [3.8, 4) is 5.75 Å². The molecular weight excluding hydrogens is 340 g/mol. The van der Waals surface area contributed by atoms with Crippen LogP contribution in [0.4, 0.5) is 0 Å². The van der Waals surface area contributed by atoms with Crippen LogP contribution in [-0.4, -0.2) is 53.0 Å². The van der Waals surface area contributed by atoms with E-state index < -0.39 is 23.1 Å². The maximum Gasteiger partial charge on any atom is 0.336 e. The molecule has 1 aliphatic carbocycles. The summed E-state index contributed by atoms with van der Waals surface area (Å²) in [6.07, 6.45) is 8.20. The Balaban J connectivity index is 2.21. The molecule has 0 aromatic heterocycles. The number of benzene rings is 1. The highest BCUT2D eigenvalue weighted by Crippen LogP contribution is 2.28. The first-order valence-corrected chi connectivity index (χ1v) is 7.89. The van der Waals surface area contributed by atoms with Crippen LogP contribution in [0.3, 0.4) is 0 Å². The van der Waals surface area contributed by atoms with Crippen molar-refractivity contribution in [1.82, 2.24) is 0 Å². The van der Waals surface area contributed by atoms with E-state index in [1.807, 2.05) is 0 Å². The van der Waals surface area contributed by atoms with E-state index in [0.29, 0.717) is 12.2 Å². The lowest BCUT2D eigenvalue weighted by Crippen LogP contribution is -2.27. The van der Waals surface area contributed by atoms with Gasteiger partial charge in [-0.3, -0.25) is 4.79 Å².